The zero-order valence-electron chi connectivity index (χ0n) is 5.05. The minimum absolute atomic E-state index is 0.250. The van der Waals surface area contributed by atoms with Crippen LogP contribution in [-0.2, 0) is 9.59 Å². The molecule has 0 radical (unpaired) electrons. The van der Waals surface area contributed by atoms with Crippen LogP contribution >= 0.6 is 11.8 Å². The van der Waals surface area contributed by atoms with Gasteiger partial charge in [-0.15, -0.1) is 0 Å². The lowest BCUT2D eigenvalue weighted by molar-refractivity contribution is -0.191. The number of thioether (sulfide) groups is 1. The van der Waals surface area contributed by atoms with E-state index in [-0.39, 0.29) is 6.15 Å². The van der Waals surface area contributed by atoms with Gasteiger partial charge in [-0.1, -0.05) is 0 Å². The molecule has 0 aromatic heterocycles. The van der Waals surface area contributed by atoms with Crippen molar-refractivity contribution in [3.63, 3.8) is 0 Å². The van der Waals surface area contributed by atoms with Crippen LogP contribution in [0.3, 0.4) is 0 Å². The summed E-state index contributed by atoms with van der Waals surface area (Å²) >= 11 is 2.03. The van der Waals surface area contributed by atoms with Crippen molar-refractivity contribution in [2.75, 3.05) is 24.6 Å². The van der Waals surface area contributed by atoms with Crippen LogP contribution in [0.4, 0.5) is 0 Å². The Hall–Kier alpha value is -0.310. The van der Waals surface area contributed by atoms with Crippen molar-refractivity contribution in [2.24, 2.45) is 0 Å². The van der Waals surface area contributed by atoms with E-state index in [1.807, 2.05) is 11.8 Å². The van der Waals surface area contributed by atoms with E-state index in [0.717, 1.165) is 0 Å². The molecule has 9 heavy (non-hydrogen) atoms. The highest BCUT2D eigenvalue weighted by Crippen LogP contribution is 1.99. The van der Waals surface area contributed by atoms with E-state index >= 15 is 0 Å². The number of hydrogen-bond donors (Lipinski definition) is 1. The molecule has 1 rings (SSSR count). The fourth-order valence-electron chi connectivity index (χ4n) is 0.516. The number of nitrogens with one attached hydrogen (secondary N) is 1. The van der Waals surface area contributed by atoms with Gasteiger partial charge >= 0.3 is 6.15 Å². The quantitative estimate of drug-likeness (QED) is 0.513. The monoisotopic (exact) mass is 147 g/mol. The first-order chi connectivity index (χ1) is 4.41. The van der Waals surface area contributed by atoms with Crippen LogP contribution in [0.1, 0.15) is 0 Å². The van der Waals surface area contributed by atoms with Gasteiger partial charge in [-0.25, -0.2) is 0 Å². The smallest absolute Gasteiger partial charge is 0.315 e. The molecule has 4 heteroatoms. The minimum atomic E-state index is 0.250. The zero-order chi connectivity index (χ0) is 6.95. The summed E-state index contributed by atoms with van der Waals surface area (Å²) in [5, 5.41) is 3.26. The molecule has 0 atom stereocenters. The van der Waals surface area contributed by atoms with Crippen LogP contribution in [0.5, 0.6) is 0 Å². The van der Waals surface area contributed by atoms with Gasteiger partial charge in [0.2, 0.25) is 0 Å². The maximum absolute atomic E-state index is 8.12. The second-order valence-corrected chi connectivity index (χ2v) is 2.67. The van der Waals surface area contributed by atoms with E-state index in [1.165, 1.54) is 24.6 Å². The molecule has 1 fully saturated rings. The Bertz CT molecular complexity index is 75.4. The van der Waals surface area contributed by atoms with E-state index in [0.29, 0.717) is 0 Å². The molecule has 0 spiro atoms. The molecule has 0 aliphatic carbocycles. The van der Waals surface area contributed by atoms with Crippen LogP contribution in [0.15, 0.2) is 0 Å². The molecule has 0 aromatic rings. The first kappa shape index (κ1) is 8.69. The Balaban J connectivity index is 0.000000187. The van der Waals surface area contributed by atoms with Crippen LogP contribution in [0, 0.1) is 0 Å². The van der Waals surface area contributed by atoms with Crippen molar-refractivity contribution in [1.29, 1.82) is 0 Å². The van der Waals surface area contributed by atoms with Crippen LogP contribution in [0.25, 0.3) is 0 Å². The molecular weight excluding hydrogens is 138 g/mol. The van der Waals surface area contributed by atoms with Crippen molar-refractivity contribution in [3.05, 3.63) is 0 Å². The topological polar surface area (TPSA) is 46.2 Å². The number of rotatable bonds is 0. The first-order valence-corrected chi connectivity index (χ1v) is 3.85. The minimum Gasteiger partial charge on any atom is -0.315 e. The van der Waals surface area contributed by atoms with Gasteiger partial charge in [-0.05, 0) is 0 Å². The van der Waals surface area contributed by atoms with Crippen molar-refractivity contribution in [3.8, 4) is 0 Å². The molecule has 0 unspecified atom stereocenters. The van der Waals surface area contributed by atoms with Crippen molar-refractivity contribution >= 4 is 17.9 Å². The van der Waals surface area contributed by atoms with E-state index in [2.05, 4.69) is 5.32 Å². The average Bonchev–Trinajstić information content (AvgIpc) is 1.93. The Morgan fingerprint density at radius 3 is 1.78 bits per heavy atom. The van der Waals surface area contributed by atoms with Gasteiger partial charge in [0.25, 0.3) is 0 Å². The molecule has 1 aliphatic rings. The molecule has 0 saturated carbocycles. The summed E-state index contributed by atoms with van der Waals surface area (Å²) in [4.78, 5) is 16.2. The lowest BCUT2D eigenvalue weighted by Gasteiger charge is -2.08. The molecule has 1 N–H and O–H groups in total. The summed E-state index contributed by atoms with van der Waals surface area (Å²) in [7, 11) is 0. The fraction of sp³-hybridized carbons (Fsp3) is 0.800. The van der Waals surface area contributed by atoms with Crippen molar-refractivity contribution in [1.82, 2.24) is 5.32 Å². The third kappa shape index (κ3) is 7.69. The molecule has 0 amide bonds. The normalized spacial score (nSPS) is 16.9. The van der Waals surface area contributed by atoms with Gasteiger partial charge in [0.05, 0.1) is 0 Å². The molecule has 52 valence electrons. The summed E-state index contributed by atoms with van der Waals surface area (Å²) in [5.74, 6) is 2.61. The highest BCUT2D eigenvalue weighted by Gasteiger charge is 1.93. The van der Waals surface area contributed by atoms with Gasteiger partial charge in [-0.2, -0.15) is 21.4 Å². The summed E-state index contributed by atoms with van der Waals surface area (Å²) in [6.07, 6.45) is 0.250. The largest absolute Gasteiger partial charge is 0.373 e. The van der Waals surface area contributed by atoms with E-state index < -0.39 is 0 Å². The third-order valence-electron chi connectivity index (χ3n) is 0.846. The van der Waals surface area contributed by atoms with Crippen LogP contribution in [0.2, 0.25) is 0 Å². The number of hydrogen-bond acceptors (Lipinski definition) is 4. The molecule has 3 nitrogen and oxygen atoms in total. The maximum Gasteiger partial charge on any atom is 0.373 e. The highest BCUT2D eigenvalue weighted by molar-refractivity contribution is 7.99. The highest BCUT2D eigenvalue weighted by atomic mass is 32.2. The van der Waals surface area contributed by atoms with E-state index in [1.54, 1.807) is 0 Å². The lowest BCUT2D eigenvalue weighted by atomic mass is 10.6. The Morgan fingerprint density at radius 2 is 1.67 bits per heavy atom. The summed E-state index contributed by atoms with van der Waals surface area (Å²) in [6.45, 7) is 2.43. The van der Waals surface area contributed by atoms with Gasteiger partial charge in [-0.3, -0.25) is 0 Å². The second-order valence-electron chi connectivity index (χ2n) is 1.45. The standard InChI is InChI=1S/C4H9NS.CO2/c1-3-6-4-2-5-1;2-1-3/h5H,1-4H2;. The van der Waals surface area contributed by atoms with Crippen molar-refractivity contribution in [2.45, 2.75) is 0 Å². The van der Waals surface area contributed by atoms with Gasteiger partial charge in [0.1, 0.15) is 0 Å². The molecule has 1 heterocycles. The number of carbonyl (C=O) groups excluding carboxylic acids is 2. The lowest BCUT2D eigenvalue weighted by Crippen LogP contribution is -2.24. The summed E-state index contributed by atoms with van der Waals surface area (Å²) in [6, 6.07) is 0. The summed E-state index contributed by atoms with van der Waals surface area (Å²) in [5.41, 5.74) is 0. The molecular formula is C5H9NO2S. The van der Waals surface area contributed by atoms with Crippen molar-refractivity contribution < 1.29 is 9.59 Å². The van der Waals surface area contributed by atoms with E-state index in [4.69, 9.17) is 9.59 Å². The average molecular weight is 147 g/mol. The predicted molar refractivity (Wildman–Crippen MR) is 35.2 cm³/mol. The van der Waals surface area contributed by atoms with Crippen LogP contribution < -0.4 is 5.32 Å². The third-order valence-corrected chi connectivity index (χ3v) is 1.83. The SMILES string of the molecule is C1CSCCN1.O=C=O. The Kier molecular flexibility index (Phi) is 7.43. The maximum atomic E-state index is 8.12. The van der Waals surface area contributed by atoms with Gasteiger partial charge in [0.15, 0.2) is 0 Å². The van der Waals surface area contributed by atoms with Gasteiger partial charge < -0.3 is 5.32 Å². The molecule has 1 aliphatic heterocycles. The Morgan fingerprint density at radius 1 is 1.22 bits per heavy atom. The molecule has 0 aromatic carbocycles. The predicted octanol–water partition coefficient (Wildman–Crippen LogP) is -0.261. The summed E-state index contributed by atoms with van der Waals surface area (Å²) < 4.78 is 0. The van der Waals surface area contributed by atoms with Gasteiger partial charge in [0, 0.05) is 24.6 Å². The zero-order valence-corrected chi connectivity index (χ0v) is 5.87. The Labute approximate surface area is 58.2 Å². The first-order valence-electron chi connectivity index (χ1n) is 2.69. The van der Waals surface area contributed by atoms with Crippen LogP contribution in [-0.4, -0.2) is 30.7 Å². The molecule has 0 bridgehead atoms. The molecule has 1 saturated heterocycles. The fourth-order valence-corrected chi connectivity index (χ4v) is 1.30. The second kappa shape index (κ2) is 7.69. The van der Waals surface area contributed by atoms with E-state index in [9.17, 15) is 0 Å².